The predicted octanol–water partition coefficient (Wildman–Crippen LogP) is 3.03. The van der Waals surface area contributed by atoms with E-state index in [1.807, 2.05) is 30.3 Å². The number of nitriles is 1. The lowest BCUT2D eigenvalue weighted by Gasteiger charge is -2.36. The van der Waals surface area contributed by atoms with Gasteiger partial charge in [-0.3, -0.25) is 4.79 Å². The van der Waals surface area contributed by atoms with Gasteiger partial charge in [-0.2, -0.15) is 5.26 Å². The summed E-state index contributed by atoms with van der Waals surface area (Å²) >= 11 is 0. The molecule has 0 bridgehead atoms. The minimum Gasteiger partial charge on any atom is -0.468 e. The summed E-state index contributed by atoms with van der Waals surface area (Å²) in [6.45, 7) is 0. The van der Waals surface area contributed by atoms with Crippen molar-refractivity contribution in [3.8, 4) is 6.07 Å². The molecule has 1 aromatic carbocycles. The molecule has 2 rings (SSSR count). The van der Waals surface area contributed by atoms with Gasteiger partial charge in [0.15, 0.2) is 5.41 Å². The maximum atomic E-state index is 12.1. The first-order valence-electron chi connectivity index (χ1n) is 6.29. The number of carbonyl (C=O) groups excluding carboxylic acids is 1. The molecule has 1 aliphatic rings. The standard InChI is InChI=1S/C15H17NO2/c1-18-14(17)15(11-16)10-6-5-9-13(15)12-7-3-2-4-8-12/h2-4,7-8,13H,5-6,9-10H2,1H3/t13-,15-/m1/s1. The molecule has 0 radical (unpaired) electrons. The van der Waals surface area contributed by atoms with Gasteiger partial charge in [0.2, 0.25) is 0 Å². The molecule has 1 aliphatic carbocycles. The van der Waals surface area contributed by atoms with Gasteiger partial charge in [0.25, 0.3) is 0 Å². The second-order valence-electron chi connectivity index (χ2n) is 4.78. The van der Waals surface area contributed by atoms with Crippen molar-refractivity contribution in [3.63, 3.8) is 0 Å². The lowest BCUT2D eigenvalue weighted by Crippen LogP contribution is -2.39. The molecule has 0 N–H and O–H groups in total. The van der Waals surface area contributed by atoms with Crippen molar-refractivity contribution in [1.82, 2.24) is 0 Å². The van der Waals surface area contributed by atoms with Gasteiger partial charge in [-0.25, -0.2) is 0 Å². The first-order chi connectivity index (χ1) is 8.74. The van der Waals surface area contributed by atoms with E-state index in [4.69, 9.17) is 4.74 Å². The number of methoxy groups -OCH3 is 1. The highest BCUT2D eigenvalue weighted by atomic mass is 16.5. The van der Waals surface area contributed by atoms with Gasteiger partial charge in [-0.05, 0) is 18.4 Å². The number of hydrogen-bond donors (Lipinski definition) is 0. The summed E-state index contributed by atoms with van der Waals surface area (Å²) in [4.78, 5) is 12.1. The monoisotopic (exact) mass is 243 g/mol. The zero-order valence-corrected chi connectivity index (χ0v) is 10.6. The van der Waals surface area contributed by atoms with E-state index >= 15 is 0 Å². The summed E-state index contributed by atoms with van der Waals surface area (Å²) in [6.07, 6.45) is 3.42. The van der Waals surface area contributed by atoms with Crippen LogP contribution in [0.2, 0.25) is 0 Å². The minimum absolute atomic E-state index is 0.0510. The lowest BCUT2D eigenvalue weighted by atomic mass is 9.64. The number of carbonyl (C=O) groups is 1. The van der Waals surface area contributed by atoms with Crippen LogP contribution in [-0.4, -0.2) is 13.1 Å². The van der Waals surface area contributed by atoms with E-state index in [9.17, 15) is 10.1 Å². The molecule has 2 atom stereocenters. The zero-order chi connectivity index (χ0) is 13.0. The molecule has 1 saturated carbocycles. The van der Waals surface area contributed by atoms with Crippen molar-refractivity contribution in [3.05, 3.63) is 35.9 Å². The van der Waals surface area contributed by atoms with Crippen LogP contribution >= 0.6 is 0 Å². The molecule has 3 nitrogen and oxygen atoms in total. The van der Waals surface area contributed by atoms with Gasteiger partial charge in [0.05, 0.1) is 13.2 Å². The first kappa shape index (κ1) is 12.6. The van der Waals surface area contributed by atoms with Gasteiger partial charge in [-0.1, -0.05) is 43.2 Å². The summed E-state index contributed by atoms with van der Waals surface area (Å²) in [5.41, 5.74) is 0.0538. The molecule has 0 aliphatic heterocycles. The van der Waals surface area contributed by atoms with Gasteiger partial charge in [0.1, 0.15) is 0 Å². The fraction of sp³-hybridized carbons (Fsp3) is 0.467. The Morgan fingerprint density at radius 3 is 2.72 bits per heavy atom. The van der Waals surface area contributed by atoms with Crippen molar-refractivity contribution in [2.45, 2.75) is 31.6 Å². The minimum atomic E-state index is -1.01. The molecular formula is C15H17NO2. The molecule has 0 amide bonds. The first-order valence-corrected chi connectivity index (χ1v) is 6.29. The summed E-state index contributed by atoms with van der Waals surface area (Å²) in [5, 5.41) is 9.52. The van der Waals surface area contributed by atoms with Crippen molar-refractivity contribution >= 4 is 5.97 Å². The highest BCUT2D eigenvalue weighted by molar-refractivity contribution is 5.81. The molecule has 1 fully saturated rings. The molecule has 18 heavy (non-hydrogen) atoms. The molecule has 1 aromatic rings. The number of rotatable bonds is 2. The third kappa shape index (κ3) is 1.99. The number of nitrogens with zero attached hydrogens (tertiary/aromatic N) is 1. The number of benzene rings is 1. The topological polar surface area (TPSA) is 50.1 Å². The quantitative estimate of drug-likeness (QED) is 0.750. The van der Waals surface area contributed by atoms with Crippen LogP contribution in [-0.2, 0) is 9.53 Å². The summed E-state index contributed by atoms with van der Waals surface area (Å²) in [6, 6.07) is 12.1. The van der Waals surface area contributed by atoms with E-state index < -0.39 is 11.4 Å². The Kier molecular flexibility index (Phi) is 3.66. The molecule has 0 aromatic heterocycles. The Labute approximate surface area is 107 Å². The molecular weight excluding hydrogens is 226 g/mol. The van der Waals surface area contributed by atoms with E-state index in [0.29, 0.717) is 6.42 Å². The predicted molar refractivity (Wildman–Crippen MR) is 67.7 cm³/mol. The fourth-order valence-corrected chi connectivity index (χ4v) is 2.92. The molecule has 0 spiro atoms. The average Bonchev–Trinajstić information content (AvgIpc) is 2.47. The Bertz CT molecular complexity index is 463. The Morgan fingerprint density at radius 2 is 2.11 bits per heavy atom. The third-order valence-corrected chi connectivity index (χ3v) is 3.86. The highest BCUT2D eigenvalue weighted by Gasteiger charge is 2.49. The summed E-state index contributed by atoms with van der Waals surface area (Å²) in [5.74, 6) is -0.441. The smallest absolute Gasteiger partial charge is 0.326 e. The lowest BCUT2D eigenvalue weighted by molar-refractivity contribution is -0.152. The SMILES string of the molecule is COC(=O)[C@@]1(C#N)CCCC[C@@H]1c1ccccc1. The van der Waals surface area contributed by atoms with Crippen molar-refractivity contribution in [2.24, 2.45) is 5.41 Å². The molecule has 94 valence electrons. The summed E-state index contributed by atoms with van der Waals surface area (Å²) < 4.78 is 4.87. The van der Waals surface area contributed by atoms with E-state index in [1.54, 1.807) is 0 Å². The maximum Gasteiger partial charge on any atom is 0.326 e. The van der Waals surface area contributed by atoms with Crippen LogP contribution in [0.15, 0.2) is 30.3 Å². The van der Waals surface area contributed by atoms with E-state index in [2.05, 4.69) is 6.07 Å². The average molecular weight is 243 g/mol. The van der Waals surface area contributed by atoms with Gasteiger partial charge in [-0.15, -0.1) is 0 Å². The van der Waals surface area contributed by atoms with Gasteiger partial charge < -0.3 is 4.74 Å². The molecule has 3 heteroatoms. The van der Waals surface area contributed by atoms with Crippen LogP contribution in [0.3, 0.4) is 0 Å². The van der Waals surface area contributed by atoms with Crippen LogP contribution in [0.5, 0.6) is 0 Å². The number of ether oxygens (including phenoxy) is 1. The fourth-order valence-electron chi connectivity index (χ4n) is 2.92. The van der Waals surface area contributed by atoms with Crippen LogP contribution in [0, 0.1) is 16.7 Å². The molecule has 0 heterocycles. The Morgan fingerprint density at radius 1 is 1.39 bits per heavy atom. The Hall–Kier alpha value is -1.82. The van der Waals surface area contributed by atoms with Gasteiger partial charge in [0, 0.05) is 5.92 Å². The number of hydrogen-bond acceptors (Lipinski definition) is 3. The van der Waals surface area contributed by atoms with E-state index in [0.717, 1.165) is 24.8 Å². The molecule has 0 unspecified atom stereocenters. The Balaban J connectivity index is 2.43. The van der Waals surface area contributed by atoms with Crippen molar-refractivity contribution in [1.29, 1.82) is 5.26 Å². The number of esters is 1. The summed E-state index contributed by atoms with van der Waals surface area (Å²) in [7, 11) is 1.36. The maximum absolute atomic E-state index is 12.1. The van der Waals surface area contributed by atoms with Crippen LogP contribution in [0.4, 0.5) is 0 Å². The van der Waals surface area contributed by atoms with Gasteiger partial charge >= 0.3 is 5.97 Å². The van der Waals surface area contributed by atoms with Crippen LogP contribution < -0.4 is 0 Å². The highest BCUT2D eigenvalue weighted by Crippen LogP contribution is 2.47. The second kappa shape index (κ2) is 5.22. The molecule has 0 saturated heterocycles. The van der Waals surface area contributed by atoms with Crippen molar-refractivity contribution < 1.29 is 9.53 Å². The third-order valence-electron chi connectivity index (χ3n) is 3.86. The normalized spacial score (nSPS) is 27.2. The zero-order valence-electron chi connectivity index (χ0n) is 10.6. The largest absolute Gasteiger partial charge is 0.468 e. The van der Waals surface area contributed by atoms with E-state index in [1.165, 1.54) is 7.11 Å². The second-order valence-corrected chi connectivity index (χ2v) is 4.78. The van der Waals surface area contributed by atoms with Crippen LogP contribution in [0.25, 0.3) is 0 Å². The van der Waals surface area contributed by atoms with Crippen LogP contribution in [0.1, 0.15) is 37.2 Å². The van der Waals surface area contributed by atoms with E-state index in [-0.39, 0.29) is 5.92 Å². The van der Waals surface area contributed by atoms with Crippen molar-refractivity contribution in [2.75, 3.05) is 7.11 Å².